The molecule has 1 saturated carbocycles. The topological polar surface area (TPSA) is 47.0 Å². The molecule has 0 aromatic rings. The molecule has 0 aromatic heterocycles. The van der Waals surface area contributed by atoms with Crippen molar-refractivity contribution in [2.45, 2.75) is 31.3 Å². The third kappa shape index (κ3) is 3.93. The quantitative estimate of drug-likeness (QED) is 0.806. The summed E-state index contributed by atoms with van der Waals surface area (Å²) < 4.78 is 0. The summed E-state index contributed by atoms with van der Waals surface area (Å²) >= 11 is 0. The number of hydrogen-bond acceptors (Lipinski definition) is 4. The monoisotopic (exact) mass is 283 g/mol. The van der Waals surface area contributed by atoms with Crippen LogP contribution in [0.25, 0.3) is 0 Å². The highest BCUT2D eigenvalue weighted by Crippen LogP contribution is 2.30. The number of carbonyl (C=O) groups excluding carboxylic acids is 1. The standard InChI is InChI=1S/C15H29N3O2/c1-16(2)14(19)13-10-17(3)8-9-18(11-13)12-15(20)6-4-5-7-15/h13,20H,4-12H2,1-3H3/t13-/m0/s1. The van der Waals surface area contributed by atoms with E-state index in [0.29, 0.717) is 0 Å². The molecule has 1 aliphatic heterocycles. The molecule has 5 nitrogen and oxygen atoms in total. The van der Waals surface area contributed by atoms with Crippen molar-refractivity contribution in [3.8, 4) is 0 Å². The molecule has 1 aliphatic carbocycles. The first kappa shape index (κ1) is 15.7. The van der Waals surface area contributed by atoms with E-state index in [1.165, 1.54) is 0 Å². The van der Waals surface area contributed by atoms with Gasteiger partial charge in [0.2, 0.25) is 5.91 Å². The Bertz CT molecular complexity index is 340. The number of hydrogen-bond donors (Lipinski definition) is 1. The molecular weight excluding hydrogens is 254 g/mol. The Morgan fingerprint density at radius 2 is 1.90 bits per heavy atom. The lowest BCUT2D eigenvalue weighted by atomic mass is 10.0. The Hall–Kier alpha value is -0.650. The number of nitrogens with zero attached hydrogens (tertiary/aromatic N) is 3. The SMILES string of the molecule is CN1CCN(CC2(O)CCCC2)C[C@@H](C(=O)N(C)C)C1. The molecular formula is C15H29N3O2. The minimum absolute atomic E-state index is 0.0162. The molecule has 1 amide bonds. The lowest BCUT2D eigenvalue weighted by Crippen LogP contribution is -2.45. The molecule has 0 aromatic carbocycles. The zero-order valence-corrected chi connectivity index (χ0v) is 13.1. The molecule has 1 saturated heterocycles. The van der Waals surface area contributed by atoms with Crippen LogP contribution in [0.2, 0.25) is 0 Å². The Labute approximate surface area is 122 Å². The second-order valence-electron chi connectivity index (χ2n) is 6.86. The van der Waals surface area contributed by atoms with Gasteiger partial charge in [-0.1, -0.05) is 12.8 Å². The normalized spacial score (nSPS) is 28.3. The van der Waals surface area contributed by atoms with Gasteiger partial charge in [0.25, 0.3) is 0 Å². The van der Waals surface area contributed by atoms with Crippen molar-refractivity contribution in [2.75, 3.05) is 53.9 Å². The third-order valence-corrected chi connectivity index (χ3v) is 4.65. The highest BCUT2D eigenvalue weighted by molar-refractivity contribution is 5.78. The second-order valence-corrected chi connectivity index (χ2v) is 6.86. The van der Waals surface area contributed by atoms with Crippen molar-refractivity contribution >= 4 is 5.91 Å². The fourth-order valence-electron chi connectivity index (χ4n) is 3.51. The van der Waals surface area contributed by atoms with E-state index in [2.05, 4.69) is 16.8 Å². The van der Waals surface area contributed by atoms with Gasteiger partial charge in [-0.2, -0.15) is 0 Å². The number of amides is 1. The molecule has 2 aliphatic rings. The first-order valence-electron chi connectivity index (χ1n) is 7.74. The summed E-state index contributed by atoms with van der Waals surface area (Å²) in [6.07, 6.45) is 4.08. The van der Waals surface area contributed by atoms with E-state index in [0.717, 1.165) is 58.4 Å². The van der Waals surface area contributed by atoms with E-state index in [9.17, 15) is 9.90 Å². The zero-order chi connectivity index (χ0) is 14.8. The molecule has 0 radical (unpaired) electrons. The van der Waals surface area contributed by atoms with Crippen LogP contribution in [-0.2, 0) is 4.79 Å². The molecule has 1 N–H and O–H groups in total. The van der Waals surface area contributed by atoms with Crippen molar-refractivity contribution in [3.63, 3.8) is 0 Å². The molecule has 1 heterocycles. The average molecular weight is 283 g/mol. The number of rotatable bonds is 3. The maximum atomic E-state index is 12.3. The Morgan fingerprint density at radius 3 is 2.50 bits per heavy atom. The lowest BCUT2D eigenvalue weighted by Gasteiger charge is -2.32. The van der Waals surface area contributed by atoms with Gasteiger partial charge in [-0.3, -0.25) is 9.69 Å². The van der Waals surface area contributed by atoms with E-state index in [4.69, 9.17) is 0 Å². The maximum absolute atomic E-state index is 12.3. The fraction of sp³-hybridized carbons (Fsp3) is 0.933. The van der Waals surface area contributed by atoms with Crippen LogP contribution < -0.4 is 0 Å². The average Bonchev–Trinajstić information content (AvgIpc) is 2.71. The molecule has 0 bridgehead atoms. The van der Waals surface area contributed by atoms with Crippen LogP contribution in [-0.4, -0.2) is 85.2 Å². The number of likely N-dealkylation sites (N-methyl/N-ethyl adjacent to an activating group) is 1. The maximum Gasteiger partial charge on any atom is 0.227 e. The lowest BCUT2D eigenvalue weighted by molar-refractivity contribution is -0.134. The minimum Gasteiger partial charge on any atom is -0.389 e. The number of β-amino-alcohol motifs (C(OH)–C–C–N with tert-alkyl or cyclic N) is 1. The predicted octanol–water partition coefficient (Wildman–Crippen LogP) is 0.243. The summed E-state index contributed by atoms with van der Waals surface area (Å²) in [6.45, 7) is 4.21. The van der Waals surface area contributed by atoms with Crippen LogP contribution >= 0.6 is 0 Å². The Kier molecular flexibility index (Phi) is 5.04. The molecule has 2 rings (SSSR count). The van der Waals surface area contributed by atoms with Gasteiger partial charge >= 0.3 is 0 Å². The molecule has 5 heteroatoms. The van der Waals surface area contributed by atoms with Crippen LogP contribution in [0.15, 0.2) is 0 Å². The number of carbonyl (C=O) groups is 1. The van der Waals surface area contributed by atoms with Crippen molar-refractivity contribution in [1.29, 1.82) is 0 Å². The third-order valence-electron chi connectivity index (χ3n) is 4.65. The van der Waals surface area contributed by atoms with E-state index < -0.39 is 5.60 Å². The van der Waals surface area contributed by atoms with Gasteiger partial charge in [0.15, 0.2) is 0 Å². The molecule has 0 unspecified atom stereocenters. The summed E-state index contributed by atoms with van der Waals surface area (Å²) in [5.74, 6) is 0.213. The Balaban J connectivity index is 2.00. The highest BCUT2D eigenvalue weighted by atomic mass is 16.3. The molecule has 0 spiro atoms. The van der Waals surface area contributed by atoms with Crippen molar-refractivity contribution in [1.82, 2.24) is 14.7 Å². The van der Waals surface area contributed by atoms with Crippen LogP contribution in [0, 0.1) is 5.92 Å². The van der Waals surface area contributed by atoms with Crippen LogP contribution in [0.5, 0.6) is 0 Å². The van der Waals surface area contributed by atoms with Gasteiger partial charge < -0.3 is 14.9 Å². The number of aliphatic hydroxyl groups is 1. The predicted molar refractivity (Wildman–Crippen MR) is 79.5 cm³/mol. The van der Waals surface area contributed by atoms with Crippen LogP contribution in [0.4, 0.5) is 0 Å². The van der Waals surface area contributed by atoms with E-state index in [-0.39, 0.29) is 11.8 Å². The fourth-order valence-corrected chi connectivity index (χ4v) is 3.51. The van der Waals surface area contributed by atoms with Crippen molar-refractivity contribution in [2.24, 2.45) is 5.92 Å². The first-order chi connectivity index (χ1) is 9.39. The molecule has 20 heavy (non-hydrogen) atoms. The van der Waals surface area contributed by atoms with Gasteiger partial charge in [-0.05, 0) is 19.9 Å². The van der Waals surface area contributed by atoms with Gasteiger partial charge in [0.05, 0.1) is 11.5 Å². The summed E-state index contributed by atoms with van der Waals surface area (Å²) in [5, 5.41) is 10.6. The summed E-state index contributed by atoms with van der Waals surface area (Å²) in [4.78, 5) is 18.5. The molecule has 1 atom stereocenters. The van der Waals surface area contributed by atoms with Gasteiger partial charge in [0.1, 0.15) is 0 Å². The first-order valence-corrected chi connectivity index (χ1v) is 7.74. The smallest absolute Gasteiger partial charge is 0.227 e. The van der Waals surface area contributed by atoms with E-state index in [1.54, 1.807) is 4.90 Å². The van der Waals surface area contributed by atoms with Crippen LogP contribution in [0.3, 0.4) is 0 Å². The van der Waals surface area contributed by atoms with Crippen LogP contribution in [0.1, 0.15) is 25.7 Å². The highest BCUT2D eigenvalue weighted by Gasteiger charge is 2.35. The van der Waals surface area contributed by atoms with Gasteiger partial charge in [0, 0.05) is 46.8 Å². The minimum atomic E-state index is -0.519. The van der Waals surface area contributed by atoms with E-state index >= 15 is 0 Å². The Morgan fingerprint density at radius 1 is 1.25 bits per heavy atom. The summed E-state index contributed by atoms with van der Waals surface area (Å²) in [7, 11) is 5.72. The summed E-state index contributed by atoms with van der Waals surface area (Å²) in [6, 6.07) is 0. The van der Waals surface area contributed by atoms with Gasteiger partial charge in [-0.25, -0.2) is 0 Å². The molecule has 116 valence electrons. The largest absolute Gasteiger partial charge is 0.389 e. The second kappa shape index (κ2) is 6.41. The van der Waals surface area contributed by atoms with E-state index in [1.807, 2.05) is 14.1 Å². The van der Waals surface area contributed by atoms with Crippen molar-refractivity contribution in [3.05, 3.63) is 0 Å². The van der Waals surface area contributed by atoms with Gasteiger partial charge in [-0.15, -0.1) is 0 Å². The molecule has 2 fully saturated rings. The summed E-state index contributed by atoms with van der Waals surface area (Å²) in [5.41, 5.74) is -0.519. The van der Waals surface area contributed by atoms with Crippen molar-refractivity contribution < 1.29 is 9.90 Å². The zero-order valence-electron chi connectivity index (χ0n) is 13.1.